The molecule has 1 heterocycles. The van der Waals surface area contributed by atoms with E-state index in [-0.39, 0.29) is 6.54 Å². The fourth-order valence-electron chi connectivity index (χ4n) is 0.444. The van der Waals surface area contributed by atoms with Crippen molar-refractivity contribution >= 4 is 0 Å². The summed E-state index contributed by atoms with van der Waals surface area (Å²) in [7, 11) is 0. The Balaban J connectivity index is 2.81. The second-order valence-corrected chi connectivity index (χ2v) is 1.42. The van der Waals surface area contributed by atoms with Crippen LogP contribution in [0.5, 0.6) is 0 Å². The van der Waals surface area contributed by atoms with Crippen LogP contribution in [0.15, 0.2) is 4.79 Å². The molecule has 50 valence electrons. The third kappa shape index (κ3) is 1.13. The van der Waals surface area contributed by atoms with E-state index < -0.39 is 12.4 Å². The topological polar surface area (TPSA) is 63.6 Å². The van der Waals surface area contributed by atoms with Gasteiger partial charge < -0.3 is 0 Å². The largest absolute Gasteiger partial charge is 0.361 e. The van der Waals surface area contributed by atoms with Crippen LogP contribution in [0, 0.1) is 0 Å². The molecule has 0 saturated carbocycles. The standard InChI is InChI=1S/C3H5FN4O/c4-1-2-8-3(9)5-6-7-8/h1-2H2,(H,5,7,9). The fraction of sp³-hybridized carbons (Fsp3) is 0.667. The highest BCUT2D eigenvalue weighted by Gasteiger charge is 1.94. The molecule has 6 heteroatoms. The molecule has 0 aliphatic heterocycles. The number of aromatic amines is 1. The van der Waals surface area contributed by atoms with Gasteiger partial charge in [-0.05, 0) is 10.4 Å². The number of hydrogen-bond donors (Lipinski definition) is 1. The molecule has 1 aromatic heterocycles. The molecule has 0 spiro atoms. The zero-order valence-corrected chi connectivity index (χ0v) is 4.54. The predicted octanol–water partition coefficient (Wildman–Crippen LogP) is -1.06. The number of tetrazole rings is 1. The van der Waals surface area contributed by atoms with Gasteiger partial charge in [-0.1, -0.05) is 0 Å². The monoisotopic (exact) mass is 132 g/mol. The summed E-state index contributed by atoms with van der Waals surface area (Å²) in [5, 5.41) is 8.45. The normalized spacial score (nSPS) is 9.89. The highest BCUT2D eigenvalue weighted by atomic mass is 19.1. The van der Waals surface area contributed by atoms with E-state index in [1.165, 1.54) is 0 Å². The van der Waals surface area contributed by atoms with Crippen molar-refractivity contribution in [1.82, 2.24) is 20.2 Å². The van der Waals surface area contributed by atoms with Gasteiger partial charge >= 0.3 is 5.69 Å². The number of rotatable bonds is 2. The van der Waals surface area contributed by atoms with Crippen LogP contribution < -0.4 is 5.69 Å². The van der Waals surface area contributed by atoms with E-state index >= 15 is 0 Å². The number of alkyl halides is 1. The molecular weight excluding hydrogens is 127 g/mol. The van der Waals surface area contributed by atoms with Crippen LogP contribution in [0.3, 0.4) is 0 Å². The van der Waals surface area contributed by atoms with Gasteiger partial charge in [0.05, 0.1) is 6.54 Å². The van der Waals surface area contributed by atoms with Gasteiger partial charge in [-0.25, -0.2) is 14.3 Å². The number of aromatic nitrogens is 4. The van der Waals surface area contributed by atoms with Crippen LogP contribution in [0.4, 0.5) is 4.39 Å². The molecule has 0 amide bonds. The minimum atomic E-state index is -0.605. The highest BCUT2D eigenvalue weighted by molar-refractivity contribution is 4.49. The number of halogens is 1. The van der Waals surface area contributed by atoms with Crippen molar-refractivity contribution in [2.75, 3.05) is 6.67 Å². The molecule has 9 heavy (non-hydrogen) atoms. The van der Waals surface area contributed by atoms with Gasteiger partial charge in [0.2, 0.25) is 0 Å². The summed E-state index contributed by atoms with van der Waals surface area (Å²) in [5.41, 5.74) is -0.479. The molecule has 0 radical (unpaired) electrons. The minimum absolute atomic E-state index is 0.0324. The Labute approximate surface area is 49.5 Å². The van der Waals surface area contributed by atoms with Crippen molar-refractivity contribution in [3.05, 3.63) is 10.5 Å². The first-order valence-electron chi connectivity index (χ1n) is 2.38. The van der Waals surface area contributed by atoms with Crippen molar-refractivity contribution in [2.24, 2.45) is 0 Å². The third-order valence-electron chi connectivity index (χ3n) is 0.829. The van der Waals surface area contributed by atoms with Gasteiger partial charge in [-0.2, -0.15) is 4.68 Å². The maximum atomic E-state index is 11.5. The van der Waals surface area contributed by atoms with E-state index in [0.29, 0.717) is 0 Å². The van der Waals surface area contributed by atoms with Gasteiger partial charge in [0.25, 0.3) is 0 Å². The Bertz CT molecular complexity index is 228. The molecule has 0 saturated heterocycles. The fourth-order valence-corrected chi connectivity index (χ4v) is 0.444. The molecule has 0 aliphatic carbocycles. The van der Waals surface area contributed by atoms with Crippen LogP contribution in [0.2, 0.25) is 0 Å². The van der Waals surface area contributed by atoms with E-state index in [4.69, 9.17) is 0 Å². The summed E-state index contributed by atoms with van der Waals surface area (Å²) in [6, 6.07) is 0. The first-order valence-corrected chi connectivity index (χ1v) is 2.38. The molecule has 0 fully saturated rings. The molecule has 0 aliphatic rings. The van der Waals surface area contributed by atoms with Gasteiger partial charge in [0, 0.05) is 0 Å². The molecule has 1 aromatic rings. The number of H-pyrrole nitrogens is 1. The number of aryl methyl sites for hydroxylation is 1. The van der Waals surface area contributed by atoms with Gasteiger partial charge in [-0.15, -0.1) is 0 Å². The zero-order chi connectivity index (χ0) is 6.69. The molecule has 0 bridgehead atoms. The maximum Gasteiger partial charge on any atom is 0.361 e. The lowest BCUT2D eigenvalue weighted by molar-refractivity contribution is 0.416. The van der Waals surface area contributed by atoms with Crippen molar-refractivity contribution in [3.8, 4) is 0 Å². The summed E-state index contributed by atoms with van der Waals surface area (Å²) in [6.45, 7) is -0.637. The van der Waals surface area contributed by atoms with Crippen LogP contribution in [-0.4, -0.2) is 26.9 Å². The summed E-state index contributed by atoms with van der Waals surface area (Å²) < 4.78 is 12.4. The molecular formula is C3H5FN4O. The van der Waals surface area contributed by atoms with E-state index in [1.807, 2.05) is 5.10 Å². The van der Waals surface area contributed by atoms with Crippen molar-refractivity contribution < 1.29 is 4.39 Å². The Hall–Kier alpha value is -1.20. The Kier molecular flexibility index (Phi) is 1.57. The number of nitrogens with zero attached hydrogens (tertiary/aromatic N) is 3. The van der Waals surface area contributed by atoms with Crippen LogP contribution in [0.1, 0.15) is 0 Å². The Morgan fingerprint density at radius 2 is 2.56 bits per heavy atom. The Morgan fingerprint density at radius 1 is 1.78 bits per heavy atom. The van der Waals surface area contributed by atoms with Crippen LogP contribution in [0.25, 0.3) is 0 Å². The quantitative estimate of drug-likeness (QED) is 0.557. The second-order valence-electron chi connectivity index (χ2n) is 1.42. The molecule has 0 atom stereocenters. The molecule has 5 nitrogen and oxygen atoms in total. The van der Waals surface area contributed by atoms with Crippen molar-refractivity contribution in [2.45, 2.75) is 6.54 Å². The van der Waals surface area contributed by atoms with Crippen molar-refractivity contribution in [3.63, 3.8) is 0 Å². The molecule has 0 aromatic carbocycles. The average molecular weight is 132 g/mol. The SMILES string of the molecule is O=c1[nH]nnn1CCF. The minimum Gasteiger partial charge on any atom is -0.249 e. The van der Waals surface area contributed by atoms with Gasteiger partial charge in [0.1, 0.15) is 6.67 Å². The Morgan fingerprint density at radius 3 is 3.00 bits per heavy atom. The first-order chi connectivity index (χ1) is 4.34. The molecule has 1 rings (SSSR count). The van der Waals surface area contributed by atoms with E-state index in [2.05, 4.69) is 10.4 Å². The smallest absolute Gasteiger partial charge is 0.249 e. The summed E-state index contributed by atoms with van der Waals surface area (Å²) in [5.74, 6) is 0. The number of nitrogens with one attached hydrogen (secondary N) is 1. The van der Waals surface area contributed by atoms with Gasteiger partial charge in [-0.3, -0.25) is 0 Å². The average Bonchev–Trinajstić information content (AvgIpc) is 2.18. The lowest BCUT2D eigenvalue weighted by Crippen LogP contribution is -2.18. The lowest BCUT2D eigenvalue weighted by Gasteiger charge is -1.86. The molecule has 0 unspecified atom stereocenters. The van der Waals surface area contributed by atoms with E-state index in [0.717, 1.165) is 4.68 Å². The van der Waals surface area contributed by atoms with Crippen LogP contribution >= 0.6 is 0 Å². The third-order valence-corrected chi connectivity index (χ3v) is 0.829. The van der Waals surface area contributed by atoms with E-state index in [9.17, 15) is 9.18 Å². The maximum absolute atomic E-state index is 11.5. The van der Waals surface area contributed by atoms with E-state index in [1.54, 1.807) is 0 Å². The summed E-state index contributed by atoms with van der Waals surface area (Å²) in [4.78, 5) is 10.4. The number of hydrogen-bond acceptors (Lipinski definition) is 3. The second kappa shape index (κ2) is 2.38. The lowest BCUT2D eigenvalue weighted by atomic mass is 10.7. The van der Waals surface area contributed by atoms with Crippen LogP contribution in [-0.2, 0) is 6.54 Å². The van der Waals surface area contributed by atoms with Crippen molar-refractivity contribution in [1.29, 1.82) is 0 Å². The highest BCUT2D eigenvalue weighted by Crippen LogP contribution is 1.70. The van der Waals surface area contributed by atoms with Gasteiger partial charge in [0.15, 0.2) is 0 Å². The zero-order valence-electron chi connectivity index (χ0n) is 4.54. The molecule has 1 N–H and O–H groups in total. The first kappa shape index (κ1) is 5.93. The predicted molar refractivity (Wildman–Crippen MR) is 26.6 cm³/mol. The summed E-state index contributed by atoms with van der Waals surface area (Å²) in [6.07, 6.45) is 0. The summed E-state index contributed by atoms with van der Waals surface area (Å²) >= 11 is 0.